The molecule has 6 N–H and O–H groups in total. The van der Waals surface area contributed by atoms with Crippen molar-refractivity contribution in [2.24, 2.45) is 11.5 Å². The third-order valence-electron chi connectivity index (χ3n) is 5.78. The first-order chi connectivity index (χ1) is 16.5. The number of alkyl halides is 3. The smallest absolute Gasteiger partial charge is 0.431 e. The summed E-state index contributed by atoms with van der Waals surface area (Å²) in [6.07, 6.45) is -2.27. The number of rotatable bonds is 7. The normalized spacial score (nSPS) is 16.8. The molecule has 1 saturated carbocycles. The van der Waals surface area contributed by atoms with E-state index in [1.807, 2.05) is 6.92 Å². The summed E-state index contributed by atoms with van der Waals surface area (Å²) in [7, 11) is 0. The summed E-state index contributed by atoms with van der Waals surface area (Å²) in [6, 6.07) is 6.40. The van der Waals surface area contributed by atoms with Gasteiger partial charge in [-0.05, 0) is 62.9 Å². The van der Waals surface area contributed by atoms with Crippen molar-refractivity contribution < 1.29 is 32.5 Å². The monoisotopic (exact) mass is 509 g/mol. The highest BCUT2D eigenvalue weighted by molar-refractivity contribution is 7.16. The minimum atomic E-state index is -4.55. The van der Waals surface area contributed by atoms with Crippen LogP contribution in [0.2, 0.25) is 0 Å². The average molecular weight is 510 g/mol. The Morgan fingerprint density at radius 3 is 2.40 bits per heavy atom. The average Bonchev–Trinajstić information content (AvgIpc) is 3.09. The van der Waals surface area contributed by atoms with Crippen LogP contribution in [0.15, 0.2) is 35.5 Å². The number of halogens is 3. The number of ether oxygens (including phenoxy) is 1. The van der Waals surface area contributed by atoms with Crippen molar-refractivity contribution in [2.75, 3.05) is 18.5 Å². The molecule has 0 spiro atoms. The van der Waals surface area contributed by atoms with E-state index < -0.39 is 23.7 Å². The number of amides is 2. The molecule has 3 rings (SSSR count). The van der Waals surface area contributed by atoms with E-state index in [0.717, 1.165) is 16.9 Å². The van der Waals surface area contributed by atoms with Crippen LogP contribution in [0.4, 0.5) is 18.2 Å². The predicted octanol–water partition coefficient (Wildman–Crippen LogP) is 2.97. The SMILES string of the molecule is Cc1sc(NC(=O)c2ccc(OCC[NH+]=C3CCCCC3=C(N)C(F)(F)F)cc2)c(C(N)=O)c1C. The van der Waals surface area contributed by atoms with E-state index in [1.54, 1.807) is 31.2 Å². The van der Waals surface area contributed by atoms with E-state index in [4.69, 9.17) is 16.2 Å². The number of anilines is 1. The van der Waals surface area contributed by atoms with Crippen molar-refractivity contribution in [1.29, 1.82) is 0 Å². The molecule has 0 saturated heterocycles. The van der Waals surface area contributed by atoms with E-state index in [9.17, 15) is 22.8 Å². The Hall–Kier alpha value is -3.34. The highest BCUT2D eigenvalue weighted by Crippen LogP contribution is 2.32. The molecule has 11 heteroatoms. The Morgan fingerprint density at radius 2 is 1.77 bits per heavy atom. The Morgan fingerprint density at radius 1 is 1.11 bits per heavy atom. The zero-order valence-corrected chi connectivity index (χ0v) is 20.3. The van der Waals surface area contributed by atoms with Crippen molar-refractivity contribution in [3.8, 4) is 5.75 Å². The number of benzene rings is 1. The molecule has 0 radical (unpaired) electrons. The lowest BCUT2D eigenvalue weighted by atomic mass is 9.91. The fourth-order valence-corrected chi connectivity index (χ4v) is 4.89. The Balaban J connectivity index is 1.59. The fourth-order valence-electron chi connectivity index (χ4n) is 3.83. The second kappa shape index (κ2) is 10.9. The number of allylic oxidation sites excluding steroid dienone is 2. The molecule has 1 fully saturated rings. The minimum Gasteiger partial charge on any atom is -0.487 e. The quantitative estimate of drug-likeness (QED) is 0.429. The van der Waals surface area contributed by atoms with Crippen LogP contribution < -0.4 is 26.5 Å². The van der Waals surface area contributed by atoms with Crippen LogP contribution in [0.3, 0.4) is 0 Å². The minimum absolute atomic E-state index is 0.134. The number of primary amides is 1. The molecule has 1 aromatic carbocycles. The van der Waals surface area contributed by atoms with E-state index >= 15 is 0 Å². The van der Waals surface area contributed by atoms with Gasteiger partial charge in [-0.1, -0.05) is 0 Å². The van der Waals surface area contributed by atoms with E-state index in [-0.39, 0.29) is 12.2 Å². The number of thiophene rings is 1. The van der Waals surface area contributed by atoms with Gasteiger partial charge in [-0.15, -0.1) is 11.3 Å². The van der Waals surface area contributed by atoms with Gasteiger partial charge in [0, 0.05) is 22.4 Å². The van der Waals surface area contributed by atoms with Gasteiger partial charge >= 0.3 is 6.18 Å². The van der Waals surface area contributed by atoms with Gasteiger partial charge in [0.15, 0.2) is 12.3 Å². The first kappa shape index (κ1) is 26.3. The van der Waals surface area contributed by atoms with Crippen LogP contribution in [0, 0.1) is 13.8 Å². The van der Waals surface area contributed by atoms with Crippen molar-refractivity contribution >= 4 is 33.9 Å². The number of carbonyl (C=O) groups is 2. The Kier molecular flexibility index (Phi) is 8.21. The summed E-state index contributed by atoms with van der Waals surface area (Å²) in [4.78, 5) is 28.3. The predicted molar refractivity (Wildman–Crippen MR) is 129 cm³/mol. The van der Waals surface area contributed by atoms with E-state index in [1.165, 1.54) is 11.3 Å². The van der Waals surface area contributed by atoms with Gasteiger partial charge in [-0.3, -0.25) is 9.59 Å². The molecule has 1 heterocycles. The summed E-state index contributed by atoms with van der Waals surface area (Å²) in [6.45, 7) is 4.14. The lowest BCUT2D eigenvalue weighted by Crippen LogP contribution is -2.75. The maximum atomic E-state index is 13.0. The second-order valence-corrected chi connectivity index (χ2v) is 9.41. The Labute approximate surface area is 205 Å². The molecule has 1 aliphatic rings. The highest BCUT2D eigenvalue weighted by Gasteiger charge is 2.37. The maximum Gasteiger partial charge on any atom is 0.431 e. The first-order valence-corrected chi connectivity index (χ1v) is 11.9. The molecule has 0 atom stereocenters. The van der Waals surface area contributed by atoms with E-state index in [0.29, 0.717) is 53.4 Å². The number of aryl methyl sites for hydroxylation is 1. The third-order valence-corrected chi connectivity index (χ3v) is 6.91. The van der Waals surface area contributed by atoms with Gasteiger partial charge in [-0.25, -0.2) is 4.99 Å². The van der Waals surface area contributed by atoms with Crippen LogP contribution in [-0.2, 0) is 0 Å². The zero-order chi connectivity index (χ0) is 25.8. The lowest BCUT2D eigenvalue weighted by molar-refractivity contribution is -0.460. The van der Waals surface area contributed by atoms with Gasteiger partial charge < -0.3 is 21.5 Å². The van der Waals surface area contributed by atoms with Crippen molar-refractivity contribution in [3.63, 3.8) is 0 Å². The van der Waals surface area contributed by atoms with Gasteiger partial charge in [-0.2, -0.15) is 13.2 Å². The lowest BCUT2D eigenvalue weighted by Gasteiger charge is -2.17. The van der Waals surface area contributed by atoms with Crippen LogP contribution in [0.1, 0.15) is 56.8 Å². The van der Waals surface area contributed by atoms with Crippen LogP contribution in [-0.4, -0.2) is 36.9 Å². The maximum absolute atomic E-state index is 13.0. The molecule has 0 aliphatic heterocycles. The van der Waals surface area contributed by atoms with Crippen molar-refractivity contribution in [1.82, 2.24) is 0 Å². The van der Waals surface area contributed by atoms with Gasteiger partial charge in [0.2, 0.25) is 0 Å². The van der Waals surface area contributed by atoms with Crippen molar-refractivity contribution in [3.05, 3.63) is 57.1 Å². The molecule has 2 aromatic rings. The van der Waals surface area contributed by atoms with Gasteiger partial charge in [0.05, 0.1) is 5.56 Å². The van der Waals surface area contributed by atoms with Crippen molar-refractivity contribution in [2.45, 2.75) is 45.7 Å². The van der Waals surface area contributed by atoms with Crippen LogP contribution in [0.5, 0.6) is 5.75 Å². The number of nitrogens with one attached hydrogen (secondary N) is 2. The molecule has 2 amide bonds. The number of hydrogen-bond donors (Lipinski definition) is 4. The summed E-state index contributed by atoms with van der Waals surface area (Å²) in [5.41, 5.74) is 11.8. The number of hydrogen-bond acceptors (Lipinski definition) is 5. The molecular weight excluding hydrogens is 481 g/mol. The second-order valence-electron chi connectivity index (χ2n) is 8.18. The molecule has 1 aromatic heterocycles. The van der Waals surface area contributed by atoms with Gasteiger partial charge in [0.25, 0.3) is 11.8 Å². The highest BCUT2D eigenvalue weighted by atomic mass is 32.1. The van der Waals surface area contributed by atoms with Gasteiger partial charge in [0.1, 0.15) is 23.1 Å². The standard InChI is InChI=1S/C24H27F3N4O3S/c1-13-14(2)35-23(19(13)21(29)32)31-22(33)15-7-9-16(10-8-15)34-12-11-30-18-6-4-3-5-17(18)20(28)24(25,26)27/h7-10H,3-6,11-12,28H2,1-2H3,(H2,29,32)(H,31,33)/p+1. The van der Waals surface area contributed by atoms with Crippen LogP contribution in [0.25, 0.3) is 0 Å². The molecule has 0 unspecified atom stereocenters. The third kappa shape index (κ3) is 6.41. The fraction of sp³-hybridized carbons (Fsp3) is 0.375. The molecule has 0 bridgehead atoms. The molecule has 1 aliphatic carbocycles. The molecular formula is C24H28F3N4O3S+. The number of nitrogens with two attached hydrogens (primary N) is 2. The summed E-state index contributed by atoms with van der Waals surface area (Å²) >= 11 is 1.28. The zero-order valence-electron chi connectivity index (χ0n) is 19.5. The first-order valence-electron chi connectivity index (χ1n) is 11.1. The summed E-state index contributed by atoms with van der Waals surface area (Å²) in [5, 5.41) is 3.14. The van der Waals surface area contributed by atoms with Crippen LogP contribution >= 0.6 is 11.3 Å². The topological polar surface area (TPSA) is 121 Å². The summed E-state index contributed by atoms with van der Waals surface area (Å²) < 4.78 is 44.7. The van der Waals surface area contributed by atoms with E-state index in [2.05, 4.69) is 10.3 Å². The molecule has 7 nitrogen and oxygen atoms in total. The Bertz CT molecular complexity index is 1170. The summed E-state index contributed by atoms with van der Waals surface area (Å²) in [5.74, 6) is -0.491. The molecule has 35 heavy (non-hydrogen) atoms. The largest absolute Gasteiger partial charge is 0.487 e. The molecule has 188 valence electrons. The number of carbonyl (C=O) groups excluding carboxylic acids is 2.